The average Bonchev–Trinajstić information content (AvgIpc) is 2.36. The Kier molecular flexibility index (Phi) is 5.36. The number of hydrogen-bond acceptors (Lipinski definition) is 3. The van der Waals surface area contributed by atoms with Crippen LogP contribution in [0.25, 0.3) is 0 Å². The molecule has 0 heterocycles. The molecular weight excluding hydrogens is 240 g/mol. The van der Waals surface area contributed by atoms with Crippen molar-refractivity contribution in [2.24, 2.45) is 22.6 Å². The van der Waals surface area contributed by atoms with Crippen LogP contribution in [0.5, 0.6) is 0 Å². The Bertz CT molecular complexity index is 451. The fourth-order valence-corrected chi connectivity index (χ4v) is 1.77. The molecule has 0 fully saturated rings. The summed E-state index contributed by atoms with van der Waals surface area (Å²) in [7, 11) is 0. The molecule has 0 aliphatic heterocycles. The van der Waals surface area contributed by atoms with Crippen LogP contribution in [0.1, 0.15) is 44.4 Å². The van der Waals surface area contributed by atoms with Gasteiger partial charge in [-0.15, -0.1) is 0 Å². The number of rotatable bonds is 5. The van der Waals surface area contributed by atoms with Gasteiger partial charge in [-0.05, 0) is 18.4 Å². The highest BCUT2D eigenvalue weighted by molar-refractivity contribution is 5.97. The molecule has 1 aromatic carbocycles. The Morgan fingerprint density at radius 2 is 1.84 bits per heavy atom. The number of amidine groups is 1. The van der Waals surface area contributed by atoms with Gasteiger partial charge in [0.25, 0.3) is 0 Å². The van der Waals surface area contributed by atoms with Gasteiger partial charge in [0.05, 0.1) is 6.04 Å². The summed E-state index contributed by atoms with van der Waals surface area (Å²) in [5.74, 6) is 5.84. The van der Waals surface area contributed by atoms with E-state index in [4.69, 9.17) is 11.6 Å². The van der Waals surface area contributed by atoms with Gasteiger partial charge in [-0.3, -0.25) is 4.79 Å². The zero-order chi connectivity index (χ0) is 14.4. The van der Waals surface area contributed by atoms with Crippen LogP contribution >= 0.6 is 0 Å². The minimum absolute atomic E-state index is 0.0312. The van der Waals surface area contributed by atoms with Crippen molar-refractivity contribution in [2.45, 2.75) is 33.2 Å². The van der Waals surface area contributed by atoms with Gasteiger partial charge in [-0.25, -0.2) is 0 Å². The number of nitrogens with one attached hydrogen (secondary N) is 1. The van der Waals surface area contributed by atoms with Crippen LogP contribution in [0.3, 0.4) is 0 Å². The molecule has 5 nitrogen and oxygen atoms in total. The van der Waals surface area contributed by atoms with Crippen molar-refractivity contribution >= 4 is 11.7 Å². The van der Waals surface area contributed by atoms with E-state index in [0.29, 0.717) is 18.2 Å². The van der Waals surface area contributed by atoms with E-state index in [1.54, 1.807) is 0 Å². The first-order chi connectivity index (χ1) is 8.93. The van der Waals surface area contributed by atoms with E-state index in [0.717, 1.165) is 11.1 Å². The molecule has 0 aliphatic carbocycles. The highest BCUT2D eigenvalue weighted by atomic mass is 16.1. The van der Waals surface area contributed by atoms with Crippen molar-refractivity contribution in [3.63, 3.8) is 0 Å². The zero-order valence-electron chi connectivity index (χ0n) is 11.7. The summed E-state index contributed by atoms with van der Waals surface area (Å²) < 4.78 is 0. The molecule has 1 rings (SSSR count). The number of carbonyl (C=O) groups excluding carboxylic acids is 1. The van der Waals surface area contributed by atoms with E-state index in [-0.39, 0.29) is 11.9 Å². The normalized spacial score (nSPS) is 13.4. The molecule has 1 atom stereocenters. The molecule has 104 valence electrons. The quantitative estimate of drug-likeness (QED) is 0.325. The molecule has 1 amide bonds. The Hall–Kier alpha value is -2.04. The summed E-state index contributed by atoms with van der Waals surface area (Å²) in [6.45, 7) is 6.00. The molecular formula is C14H22N4O. The second-order valence-corrected chi connectivity index (χ2v) is 5.02. The van der Waals surface area contributed by atoms with Gasteiger partial charge in [-0.1, -0.05) is 38.1 Å². The van der Waals surface area contributed by atoms with Crippen molar-refractivity contribution < 1.29 is 4.79 Å². The topological polar surface area (TPSA) is 93.5 Å². The first-order valence-electron chi connectivity index (χ1n) is 6.37. The average molecular weight is 262 g/mol. The lowest BCUT2D eigenvalue weighted by molar-refractivity contribution is -0.122. The van der Waals surface area contributed by atoms with E-state index >= 15 is 0 Å². The second-order valence-electron chi connectivity index (χ2n) is 5.02. The predicted octanol–water partition coefficient (Wildman–Crippen LogP) is 1.49. The number of amides is 1. The smallest absolute Gasteiger partial charge is 0.220 e. The van der Waals surface area contributed by atoms with Gasteiger partial charge in [0.15, 0.2) is 0 Å². The molecule has 0 saturated heterocycles. The van der Waals surface area contributed by atoms with Gasteiger partial charge < -0.3 is 16.9 Å². The van der Waals surface area contributed by atoms with E-state index in [1.165, 1.54) is 0 Å². The lowest BCUT2D eigenvalue weighted by Gasteiger charge is -2.15. The minimum atomic E-state index is -0.0312. The van der Waals surface area contributed by atoms with Gasteiger partial charge in [0, 0.05) is 12.0 Å². The number of hydrazone groups is 1. The zero-order valence-corrected chi connectivity index (χ0v) is 11.7. The Morgan fingerprint density at radius 3 is 2.32 bits per heavy atom. The molecule has 1 unspecified atom stereocenters. The standard InChI is InChI=1S/C14H22N4O/c1-9(2)8-13(19)17-10(3)11-4-6-12(7-5-11)14(15)18-16/h4-7,9-10H,8,16H2,1-3H3,(H2,15,18)(H,17,19). The molecule has 0 spiro atoms. The van der Waals surface area contributed by atoms with E-state index in [2.05, 4.69) is 10.4 Å². The van der Waals surface area contributed by atoms with E-state index in [1.807, 2.05) is 45.0 Å². The third-order valence-corrected chi connectivity index (χ3v) is 2.82. The summed E-state index contributed by atoms with van der Waals surface area (Å²) in [4.78, 5) is 11.7. The van der Waals surface area contributed by atoms with Crippen LogP contribution in [-0.4, -0.2) is 11.7 Å². The maximum absolute atomic E-state index is 11.7. The highest BCUT2D eigenvalue weighted by Crippen LogP contribution is 2.14. The van der Waals surface area contributed by atoms with Crippen LogP contribution < -0.4 is 16.9 Å². The van der Waals surface area contributed by atoms with Crippen LogP contribution in [0.15, 0.2) is 29.4 Å². The fourth-order valence-electron chi connectivity index (χ4n) is 1.77. The largest absolute Gasteiger partial charge is 0.382 e. The minimum Gasteiger partial charge on any atom is -0.382 e. The summed E-state index contributed by atoms with van der Waals surface area (Å²) in [5, 5.41) is 6.40. The summed E-state index contributed by atoms with van der Waals surface area (Å²) >= 11 is 0. The third kappa shape index (κ3) is 4.62. The molecule has 0 radical (unpaired) electrons. The van der Waals surface area contributed by atoms with Crippen molar-refractivity contribution in [1.82, 2.24) is 5.32 Å². The van der Waals surface area contributed by atoms with Crippen LogP contribution in [0.4, 0.5) is 0 Å². The number of carbonyl (C=O) groups is 1. The predicted molar refractivity (Wildman–Crippen MR) is 77.4 cm³/mol. The maximum atomic E-state index is 11.7. The molecule has 5 heteroatoms. The second kappa shape index (κ2) is 6.78. The Morgan fingerprint density at radius 1 is 1.26 bits per heavy atom. The molecule has 0 saturated carbocycles. The molecule has 1 aromatic rings. The number of hydrogen-bond donors (Lipinski definition) is 3. The van der Waals surface area contributed by atoms with Crippen LogP contribution in [0, 0.1) is 5.92 Å². The van der Waals surface area contributed by atoms with Crippen molar-refractivity contribution in [2.75, 3.05) is 0 Å². The summed E-state index contributed by atoms with van der Waals surface area (Å²) in [6, 6.07) is 7.47. The molecule has 5 N–H and O–H groups in total. The third-order valence-electron chi connectivity index (χ3n) is 2.82. The summed E-state index contributed by atoms with van der Waals surface area (Å²) in [5.41, 5.74) is 7.40. The highest BCUT2D eigenvalue weighted by Gasteiger charge is 2.11. The molecule has 0 bridgehead atoms. The van der Waals surface area contributed by atoms with Gasteiger partial charge in [-0.2, -0.15) is 5.10 Å². The maximum Gasteiger partial charge on any atom is 0.220 e. The molecule has 0 aromatic heterocycles. The lowest BCUT2D eigenvalue weighted by Crippen LogP contribution is -2.27. The van der Waals surface area contributed by atoms with E-state index < -0.39 is 0 Å². The number of nitrogens with zero attached hydrogens (tertiary/aromatic N) is 1. The monoisotopic (exact) mass is 262 g/mol. The SMILES string of the molecule is CC(C)CC(=O)NC(C)c1ccc(C(N)=NN)cc1. The van der Waals surface area contributed by atoms with Crippen LogP contribution in [-0.2, 0) is 4.79 Å². The fraction of sp³-hybridized carbons (Fsp3) is 0.429. The van der Waals surface area contributed by atoms with Gasteiger partial charge in [0.2, 0.25) is 5.91 Å². The van der Waals surface area contributed by atoms with Gasteiger partial charge in [0.1, 0.15) is 5.84 Å². The Balaban J connectivity index is 2.68. The first kappa shape index (κ1) is 15.0. The van der Waals surface area contributed by atoms with Crippen LogP contribution in [0.2, 0.25) is 0 Å². The van der Waals surface area contributed by atoms with Crippen molar-refractivity contribution in [3.8, 4) is 0 Å². The summed E-state index contributed by atoms with van der Waals surface area (Å²) in [6.07, 6.45) is 0.537. The van der Waals surface area contributed by atoms with E-state index in [9.17, 15) is 4.79 Å². The van der Waals surface area contributed by atoms with Crippen molar-refractivity contribution in [1.29, 1.82) is 0 Å². The molecule has 19 heavy (non-hydrogen) atoms. The van der Waals surface area contributed by atoms with Crippen molar-refractivity contribution in [3.05, 3.63) is 35.4 Å². The molecule has 0 aliphatic rings. The first-order valence-corrected chi connectivity index (χ1v) is 6.37. The lowest BCUT2D eigenvalue weighted by atomic mass is 10.0. The Labute approximate surface area is 114 Å². The van der Waals surface area contributed by atoms with Gasteiger partial charge >= 0.3 is 0 Å². The number of benzene rings is 1. The number of nitrogens with two attached hydrogens (primary N) is 2.